The highest BCUT2D eigenvalue weighted by Crippen LogP contribution is 2.41. The molecule has 4 rings (SSSR count). The van der Waals surface area contributed by atoms with Gasteiger partial charge in [-0.3, -0.25) is 0 Å². The van der Waals surface area contributed by atoms with Crippen molar-refractivity contribution >= 4 is 22.6 Å². The summed E-state index contributed by atoms with van der Waals surface area (Å²) in [7, 11) is 2.06. The Morgan fingerprint density at radius 3 is 2.76 bits per heavy atom. The van der Waals surface area contributed by atoms with Gasteiger partial charge in [-0.15, -0.1) is 0 Å². The fourth-order valence-electron chi connectivity index (χ4n) is 3.43. The maximum absolute atomic E-state index is 5.60. The lowest BCUT2D eigenvalue weighted by Crippen LogP contribution is -2.44. The Labute approximate surface area is 148 Å². The number of rotatable bonds is 4. The Kier molecular flexibility index (Phi) is 4.07. The zero-order chi connectivity index (χ0) is 17.6. The number of morpholine rings is 1. The Morgan fingerprint density at radius 1 is 1.28 bits per heavy atom. The predicted molar refractivity (Wildman–Crippen MR) is 99.8 cm³/mol. The SMILES string of the molecule is C=C(/C=C\C)c1nc(N2CCOC[C@@H]2C)c2nc(C3CC3)n(C)c2n1. The Morgan fingerprint density at radius 2 is 2.08 bits per heavy atom. The molecule has 3 heterocycles. The van der Waals surface area contributed by atoms with E-state index in [1.807, 2.05) is 19.1 Å². The van der Waals surface area contributed by atoms with Crippen LogP contribution in [-0.4, -0.2) is 45.3 Å². The van der Waals surface area contributed by atoms with E-state index >= 15 is 0 Å². The first-order valence-electron chi connectivity index (χ1n) is 9.01. The van der Waals surface area contributed by atoms with E-state index in [-0.39, 0.29) is 6.04 Å². The molecule has 0 aromatic carbocycles. The molecule has 6 nitrogen and oxygen atoms in total. The standard InChI is InChI=1S/C19H25N5O/c1-5-6-12(2)16-21-18-15(20-17(23(18)4)14-7-8-14)19(22-16)24-9-10-25-11-13(24)3/h5-6,13-14H,2,7-11H2,1,3-4H3/b6-5-/t13-/m0/s1. The van der Waals surface area contributed by atoms with Crippen molar-refractivity contribution in [1.29, 1.82) is 0 Å². The maximum atomic E-state index is 5.60. The second-order valence-corrected chi connectivity index (χ2v) is 6.99. The van der Waals surface area contributed by atoms with Gasteiger partial charge in [0.05, 0.1) is 19.3 Å². The minimum atomic E-state index is 0.265. The highest BCUT2D eigenvalue weighted by Gasteiger charge is 2.32. The van der Waals surface area contributed by atoms with Gasteiger partial charge in [-0.25, -0.2) is 15.0 Å². The molecule has 1 saturated carbocycles. The highest BCUT2D eigenvalue weighted by molar-refractivity contribution is 5.86. The van der Waals surface area contributed by atoms with Crippen molar-refractivity contribution in [3.8, 4) is 0 Å². The van der Waals surface area contributed by atoms with Crippen molar-refractivity contribution in [3.63, 3.8) is 0 Å². The second kappa shape index (κ2) is 6.26. The Balaban J connectivity index is 1.91. The largest absolute Gasteiger partial charge is 0.377 e. The third-order valence-electron chi connectivity index (χ3n) is 4.97. The Bertz CT molecular complexity index is 849. The molecule has 0 spiro atoms. The molecule has 132 valence electrons. The van der Waals surface area contributed by atoms with Crippen LogP contribution in [0.25, 0.3) is 16.7 Å². The summed E-state index contributed by atoms with van der Waals surface area (Å²) in [5.74, 6) is 3.27. The molecule has 1 atom stereocenters. The van der Waals surface area contributed by atoms with Gasteiger partial charge in [0.15, 0.2) is 22.8 Å². The van der Waals surface area contributed by atoms with Crippen LogP contribution >= 0.6 is 0 Å². The van der Waals surface area contributed by atoms with Gasteiger partial charge in [-0.2, -0.15) is 0 Å². The third kappa shape index (κ3) is 2.84. The molecule has 0 bridgehead atoms. The average molecular weight is 339 g/mol. The lowest BCUT2D eigenvalue weighted by atomic mass is 10.2. The van der Waals surface area contributed by atoms with Crippen LogP contribution < -0.4 is 4.90 Å². The molecule has 0 radical (unpaired) electrons. The number of imidazole rings is 1. The van der Waals surface area contributed by atoms with E-state index in [4.69, 9.17) is 19.7 Å². The van der Waals surface area contributed by atoms with Crippen LogP contribution in [0, 0.1) is 0 Å². The molecular formula is C19H25N5O. The fraction of sp³-hybridized carbons (Fsp3) is 0.526. The van der Waals surface area contributed by atoms with Crippen molar-refractivity contribution in [2.75, 3.05) is 24.7 Å². The van der Waals surface area contributed by atoms with Gasteiger partial charge in [0.2, 0.25) is 0 Å². The third-order valence-corrected chi connectivity index (χ3v) is 4.97. The number of aromatic nitrogens is 4. The smallest absolute Gasteiger partial charge is 0.166 e. The fourth-order valence-corrected chi connectivity index (χ4v) is 3.43. The molecule has 2 fully saturated rings. The zero-order valence-electron chi connectivity index (χ0n) is 15.2. The molecule has 6 heteroatoms. The minimum absolute atomic E-state index is 0.265. The van der Waals surface area contributed by atoms with E-state index in [1.165, 1.54) is 12.8 Å². The second-order valence-electron chi connectivity index (χ2n) is 6.99. The topological polar surface area (TPSA) is 56.1 Å². The van der Waals surface area contributed by atoms with Crippen LogP contribution in [0.1, 0.15) is 44.3 Å². The number of ether oxygens (including phenoxy) is 1. The summed E-state index contributed by atoms with van der Waals surface area (Å²) in [6.45, 7) is 10.5. The van der Waals surface area contributed by atoms with Crippen molar-refractivity contribution in [2.24, 2.45) is 7.05 Å². The summed E-state index contributed by atoms with van der Waals surface area (Å²) >= 11 is 0. The number of hydrogen-bond donors (Lipinski definition) is 0. The van der Waals surface area contributed by atoms with E-state index in [0.717, 1.165) is 34.9 Å². The number of nitrogens with zero attached hydrogens (tertiary/aromatic N) is 5. The molecule has 0 amide bonds. The zero-order valence-corrected chi connectivity index (χ0v) is 15.2. The predicted octanol–water partition coefficient (Wildman–Crippen LogP) is 3.06. The summed E-state index contributed by atoms with van der Waals surface area (Å²) in [4.78, 5) is 16.9. The van der Waals surface area contributed by atoms with E-state index in [9.17, 15) is 0 Å². The number of aryl methyl sites for hydroxylation is 1. The molecule has 25 heavy (non-hydrogen) atoms. The molecule has 1 aliphatic heterocycles. The van der Waals surface area contributed by atoms with Gasteiger partial charge in [0.25, 0.3) is 0 Å². The van der Waals surface area contributed by atoms with Crippen LogP contribution in [0.3, 0.4) is 0 Å². The van der Waals surface area contributed by atoms with E-state index in [2.05, 4.69) is 30.0 Å². The van der Waals surface area contributed by atoms with Gasteiger partial charge in [-0.1, -0.05) is 18.7 Å². The van der Waals surface area contributed by atoms with Gasteiger partial charge in [0, 0.05) is 25.1 Å². The highest BCUT2D eigenvalue weighted by atomic mass is 16.5. The maximum Gasteiger partial charge on any atom is 0.166 e. The average Bonchev–Trinajstić information content (AvgIpc) is 3.39. The van der Waals surface area contributed by atoms with E-state index in [0.29, 0.717) is 25.0 Å². The molecule has 0 N–H and O–H groups in total. The first-order chi connectivity index (χ1) is 12.1. The van der Waals surface area contributed by atoms with Crippen LogP contribution in [0.2, 0.25) is 0 Å². The molecule has 1 aliphatic carbocycles. The molecular weight excluding hydrogens is 314 g/mol. The summed E-state index contributed by atoms with van der Waals surface area (Å²) < 4.78 is 7.73. The monoisotopic (exact) mass is 339 g/mol. The van der Waals surface area contributed by atoms with Crippen LogP contribution in [0.5, 0.6) is 0 Å². The molecule has 0 unspecified atom stereocenters. The van der Waals surface area contributed by atoms with Crippen LogP contribution in [-0.2, 0) is 11.8 Å². The lowest BCUT2D eigenvalue weighted by molar-refractivity contribution is 0.0986. The van der Waals surface area contributed by atoms with Crippen molar-refractivity contribution in [3.05, 3.63) is 30.4 Å². The van der Waals surface area contributed by atoms with Crippen LogP contribution in [0.15, 0.2) is 18.7 Å². The number of fused-ring (bicyclic) bond motifs is 1. The molecule has 2 aliphatic rings. The van der Waals surface area contributed by atoms with Crippen molar-refractivity contribution in [1.82, 2.24) is 19.5 Å². The van der Waals surface area contributed by atoms with Crippen molar-refractivity contribution in [2.45, 2.75) is 38.6 Å². The first kappa shape index (κ1) is 16.3. The molecule has 2 aromatic heterocycles. The number of allylic oxidation sites excluding steroid dienone is 3. The van der Waals surface area contributed by atoms with Gasteiger partial charge < -0.3 is 14.2 Å². The Hall–Kier alpha value is -2.21. The quantitative estimate of drug-likeness (QED) is 0.801. The lowest BCUT2D eigenvalue weighted by Gasteiger charge is -2.34. The summed E-state index contributed by atoms with van der Waals surface area (Å²) in [5.41, 5.74) is 2.61. The van der Waals surface area contributed by atoms with Crippen LogP contribution in [0.4, 0.5) is 5.82 Å². The molecule has 2 aromatic rings. The van der Waals surface area contributed by atoms with Gasteiger partial charge in [-0.05, 0) is 26.7 Å². The minimum Gasteiger partial charge on any atom is -0.377 e. The summed E-state index contributed by atoms with van der Waals surface area (Å²) in [6, 6.07) is 0.265. The first-order valence-corrected chi connectivity index (χ1v) is 9.01. The summed E-state index contributed by atoms with van der Waals surface area (Å²) in [5, 5.41) is 0. The van der Waals surface area contributed by atoms with E-state index < -0.39 is 0 Å². The van der Waals surface area contributed by atoms with Gasteiger partial charge >= 0.3 is 0 Å². The number of anilines is 1. The normalized spacial score (nSPS) is 21.4. The summed E-state index contributed by atoms with van der Waals surface area (Å²) in [6.07, 6.45) is 6.34. The van der Waals surface area contributed by atoms with E-state index in [1.54, 1.807) is 0 Å². The van der Waals surface area contributed by atoms with Crippen molar-refractivity contribution < 1.29 is 4.74 Å². The molecule has 1 saturated heterocycles. The van der Waals surface area contributed by atoms with Gasteiger partial charge in [0.1, 0.15) is 5.82 Å². The number of hydrogen-bond acceptors (Lipinski definition) is 5.